The van der Waals surface area contributed by atoms with Gasteiger partial charge in [0.15, 0.2) is 0 Å². The summed E-state index contributed by atoms with van der Waals surface area (Å²) < 4.78 is 26.2. The molecule has 1 rings (SSSR count). The molecular weight excluding hydrogens is 238 g/mol. The van der Waals surface area contributed by atoms with E-state index in [1.54, 1.807) is 0 Å². The molecular formula is C11H11ClF2O2. The molecule has 0 saturated heterocycles. The Hall–Kier alpha value is -1.16. The number of hydrogen-bond donors (Lipinski definition) is 1. The fourth-order valence-corrected chi connectivity index (χ4v) is 1.44. The van der Waals surface area contributed by atoms with Crippen molar-refractivity contribution in [2.75, 3.05) is 0 Å². The molecule has 0 aliphatic heterocycles. The van der Waals surface area contributed by atoms with Gasteiger partial charge in [0.05, 0.1) is 10.4 Å². The van der Waals surface area contributed by atoms with Crippen molar-refractivity contribution in [3.05, 3.63) is 34.4 Å². The molecule has 5 heteroatoms. The number of halogens is 3. The lowest BCUT2D eigenvalue weighted by atomic mass is 9.86. The molecule has 1 N–H and O–H groups in total. The molecule has 0 bridgehead atoms. The number of aliphatic carboxylic acids is 1. The molecule has 0 radical (unpaired) electrons. The zero-order valence-corrected chi connectivity index (χ0v) is 9.61. The smallest absolute Gasteiger partial charge is 0.309 e. The summed E-state index contributed by atoms with van der Waals surface area (Å²) in [5.74, 6) is -2.68. The third kappa shape index (κ3) is 2.70. The quantitative estimate of drug-likeness (QED) is 0.834. The van der Waals surface area contributed by atoms with Gasteiger partial charge in [-0.15, -0.1) is 0 Å². The van der Waals surface area contributed by atoms with Crippen LogP contribution in [0.2, 0.25) is 5.02 Å². The number of carbonyl (C=O) groups is 1. The summed E-state index contributed by atoms with van der Waals surface area (Å²) in [5.41, 5.74) is -1.03. The molecule has 88 valence electrons. The zero-order chi connectivity index (χ0) is 12.5. The van der Waals surface area contributed by atoms with E-state index in [0.717, 1.165) is 6.07 Å². The Kier molecular flexibility index (Phi) is 3.53. The lowest BCUT2D eigenvalue weighted by molar-refractivity contribution is -0.146. The van der Waals surface area contributed by atoms with Crippen LogP contribution in [0.25, 0.3) is 0 Å². The Labute approximate surface area is 96.8 Å². The minimum atomic E-state index is -1.12. The second-order valence-corrected chi connectivity index (χ2v) is 4.63. The summed E-state index contributed by atoms with van der Waals surface area (Å²) >= 11 is 5.51. The summed E-state index contributed by atoms with van der Waals surface area (Å²) in [6.07, 6.45) is -0.0475. The molecule has 1 aromatic carbocycles. The summed E-state index contributed by atoms with van der Waals surface area (Å²) in [5, 5.41) is 8.68. The highest BCUT2D eigenvalue weighted by Gasteiger charge is 2.28. The fourth-order valence-electron chi connectivity index (χ4n) is 1.25. The van der Waals surface area contributed by atoms with Gasteiger partial charge >= 0.3 is 5.97 Å². The maximum absolute atomic E-state index is 13.3. The Morgan fingerprint density at radius 2 is 1.94 bits per heavy atom. The minimum absolute atomic E-state index is 0.0475. The van der Waals surface area contributed by atoms with E-state index in [0.29, 0.717) is 6.07 Å². The first kappa shape index (κ1) is 12.9. The van der Waals surface area contributed by atoms with Crippen LogP contribution in [-0.4, -0.2) is 11.1 Å². The van der Waals surface area contributed by atoms with Crippen molar-refractivity contribution in [3.8, 4) is 0 Å². The van der Waals surface area contributed by atoms with Crippen LogP contribution >= 0.6 is 11.6 Å². The van der Waals surface area contributed by atoms with Crippen LogP contribution in [0.5, 0.6) is 0 Å². The molecule has 0 fully saturated rings. The van der Waals surface area contributed by atoms with Gasteiger partial charge in [-0.25, -0.2) is 8.78 Å². The van der Waals surface area contributed by atoms with Crippen molar-refractivity contribution in [1.82, 2.24) is 0 Å². The highest BCUT2D eigenvalue weighted by atomic mass is 35.5. The Morgan fingerprint density at radius 3 is 2.44 bits per heavy atom. The first-order valence-corrected chi connectivity index (χ1v) is 4.98. The van der Waals surface area contributed by atoms with Crippen molar-refractivity contribution in [2.24, 2.45) is 5.41 Å². The molecule has 1 aromatic rings. The van der Waals surface area contributed by atoms with E-state index >= 15 is 0 Å². The molecule has 0 atom stereocenters. The van der Waals surface area contributed by atoms with Crippen molar-refractivity contribution < 1.29 is 18.7 Å². The molecule has 0 heterocycles. The van der Waals surface area contributed by atoms with Gasteiger partial charge in [0.1, 0.15) is 11.6 Å². The number of hydrogen-bond acceptors (Lipinski definition) is 1. The third-order valence-electron chi connectivity index (χ3n) is 2.30. The van der Waals surface area contributed by atoms with Crippen LogP contribution < -0.4 is 0 Å². The standard InChI is InChI=1S/C11H11ClF2O2/c1-11(2,10(15)16)5-6-3-7(12)9(14)4-8(6)13/h3-4H,5H2,1-2H3,(H,15,16). The monoisotopic (exact) mass is 248 g/mol. The normalized spacial score (nSPS) is 11.6. The fraction of sp³-hybridized carbons (Fsp3) is 0.364. The lowest BCUT2D eigenvalue weighted by Crippen LogP contribution is -2.26. The van der Waals surface area contributed by atoms with Crippen LogP contribution in [0.3, 0.4) is 0 Å². The number of carboxylic acids is 1. The van der Waals surface area contributed by atoms with Crippen molar-refractivity contribution >= 4 is 17.6 Å². The number of rotatable bonds is 3. The van der Waals surface area contributed by atoms with Crippen LogP contribution in [0.4, 0.5) is 8.78 Å². The molecule has 0 aliphatic rings. The SMILES string of the molecule is CC(C)(Cc1cc(Cl)c(F)cc1F)C(=O)O. The van der Waals surface area contributed by atoms with Gasteiger partial charge in [-0.3, -0.25) is 4.79 Å². The number of carboxylic acid groups (broad SMARTS) is 1. The van der Waals surface area contributed by atoms with Gasteiger partial charge in [0, 0.05) is 6.07 Å². The lowest BCUT2D eigenvalue weighted by Gasteiger charge is -2.19. The number of benzene rings is 1. The van der Waals surface area contributed by atoms with E-state index in [2.05, 4.69) is 0 Å². The van der Waals surface area contributed by atoms with E-state index in [1.165, 1.54) is 13.8 Å². The van der Waals surface area contributed by atoms with E-state index in [9.17, 15) is 13.6 Å². The second-order valence-electron chi connectivity index (χ2n) is 4.22. The van der Waals surface area contributed by atoms with Crippen LogP contribution in [0.15, 0.2) is 12.1 Å². The average Bonchev–Trinajstić information content (AvgIpc) is 2.13. The Morgan fingerprint density at radius 1 is 1.38 bits per heavy atom. The van der Waals surface area contributed by atoms with E-state index < -0.39 is 23.0 Å². The zero-order valence-electron chi connectivity index (χ0n) is 8.85. The molecule has 16 heavy (non-hydrogen) atoms. The van der Waals surface area contributed by atoms with Gasteiger partial charge in [-0.05, 0) is 31.9 Å². The van der Waals surface area contributed by atoms with Crippen molar-refractivity contribution in [3.63, 3.8) is 0 Å². The van der Waals surface area contributed by atoms with E-state index in [-0.39, 0.29) is 17.0 Å². The first-order valence-electron chi connectivity index (χ1n) is 4.61. The van der Waals surface area contributed by atoms with Gasteiger partial charge < -0.3 is 5.11 Å². The molecule has 0 spiro atoms. The summed E-state index contributed by atoms with van der Waals surface area (Å²) in [6, 6.07) is 1.78. The van der Waals surface area contributed by atoms with Gasteiger partial charge in [-0.2, -0.15) is 0 Å². The van der Waals surface area contributed by atoms with Crippen molar-refractivity contribution in [1.29, 1.82) is 0 Å². The first-order chi connectivity index (χ1) is 7.24. The van der Waals surface area contributed by atoms with E-state index in [1.807, 2.05) is 0 Å². The highest BCUT2D eigenvalue weighted by molar-refractivity contribution is 6.30. The third-order valence-corrected chi connectivity index (χ3v) is 2.59. The molecule has 0 amide bonds. The molecule has 0 unspecified atom stereocenters. The van der Waals surface area contributed by atoms with Crippen LogP contribution in [0, 0.1) is 17.0 Å². The predicted molar refractivity (Wildman–Crippen MR) is 56.5 cm³/mol. The van der Waals surface area contributed by atoms with Gasteiger partial charge in [-0.1, -0.05) is 11.6 Å². The Bertz CT molecular complexity index is 430. The van der Waals surface area contributed by atoms with Gasteiger partial charge in [0.2, 0.25) is 0 Å². The topological polar surface area (TPSA) is 37.3 Å². The summed E-state index contributed by atoms with van der Waals surface area (Å²) in [7, 11) is 0. The van der Waals surface area contributed by atoms with Gasteiger partial charge in [0.25, 0.3) is 0 Å². The van der Waals surface area contributed by atoms with Crippen LogP contribution in [0.1, 0.15) is 19.4 Å². The van der Waals surface area contributed by atoms with Crippen LogP contribution in [-0.2, 0) is 11.2 Å². The largest absolute Gasteiger partial charge is 0.481 e. The maximum Gasteiger partial charge on any atom is 0.309 e. The highest BCUT2D eigenvalue weighted by Crippen LogP contribution is 2.27. The molecule has 0 saturated carbocycles. The average molecular weight is 249 g/mol. The molecule has 2 nitrogen and oxygen atoms in total. The molecule has 0 aliphatic carbocycles. The predicted octanol–water partition coefficient (Wildman–Crippen LogP) is 3.27. The van der Waals surface area contributed by atoms with E-state index in [4.69, 9.17) is 16.7 Å². The van der Waals surface area contributed by atoms with Crippen molar-refractivity contribution in [2.45, 2.75) is 20.3 Å². The summed E-state index contributed by atoms with van der Waals surface area (Å²) in [4.78, 5) is 10.9. The molecule has 0 aromatic heterocycles. The Balaban J connectivity index is 3.07. The summed E-state index contributed by atoms with van der Waals surface area (Å²) in [6.45, 7) is 2.93. The maximum atomic E-state index is 13.3. The minimum Gasteiger partial charge on any atom is -0.481 e. The second kappa shape index (κ2) is 4.37.